The van der Waals surface area contributed by atoms with Crippen molar-refractivity contribution in [2.45, 2.75) is 11.7 Å². The number of allylic oxidation sites excluding steroid dienone is 1. The van der Waals surface area contributed by atoms with Crippen molar-refractivity contribution in [1.82, 2.24) is 0 Å². The van der Waals surface area contributed by atoms with Crippen molar-refractivity contribution in [2.75, 3.05) is 0 Å². The van der Waals surface area contributed by atoms with Gasteiger partial charge in [-0.05, 0) is 5.56 Å². The molecule has 0 fully saturated rings. The van der Waals surface area contributed by atoms with Gasteiger partial charge in [-0.1, -0.05) is 42.5 Å². The second kappa shape index (κ2) is 4.15. The molecular weight excluding hydrogens is 212 g/mol. The van der Waals surface area contributed by atoms with E-state index in [1.807, 2.05) is 18.2 Å². The van der Waals surface area contributed by atoms with E-state index < -0.39 is 0 Å². The van der Waals surface area contributed by atoms with Gasteiger partial charge in [-0.15, -0.1) is 11.8 Å². The lowest BCUT2D eigenvalue weighted by molar-refractivity contribution is 0.387. The molecule has 1 N–H and O–H groups in total. The van der Waals surface area contributed by atoms with Crippen LogP contribution in [0.2, 0.25) is 0 Å². The molecule has 0 unspecified atom stereocenters. The van der Waals surface area contributed by atoms with Gasteiger partial charge < -0.3 is 5.11 Å². The fourth-order valence-corrected chi connectivity index (χ4v) is 2.97. The van der Waals surface area contributed by atoms with Gasteiger partial charge >= 0.3 is 0 Å². The number of thiocarbonyl (C=S) groups is 1. The van der Waals surface area contributed by atoms with Gasteiger partial charge in [-0.3, -0.25) is 0 Å². The summed E-state index contributed by atoms with van der Waals surface area (Å²) in [5, 5.41) is 9.74. The van der Waals surface area contributed by atoms with Crippen LogP contribution in [-0.4, -0.2) is 9.30 Å². The Hall–Kier alpha value is -0.800. The lowest BCUT2D eigenvalue weighted by atomic mass is 10.1. The maximum atomic E-state index is 9.47. The predicted molar refractivity (Wildman–Crippen MR) is 64.7 cm³/mol. The fourth-order valence-electron chi connectivity index (χ4n) is 1.45. The topological polar surface area (TPSA) is 20.2 Å². The second-order valence-corrected chi connectivity index (χ2v) is 5.12. The van der Waals surface area contributed by atoms with Gasteiger partial charge in [0.1, 0.15) is 0 Å². The van der Waals surface area contributed by atoms with Crippen LogP contribution in [0.5, 0.6) is 0 Å². The third-order valence-electron chi connectivity index (χ3n) is 2.11. The predicted octanol–water partition coefficient (Wildman–Crippen LogP) is 3.63. The number of aliphatic hydroxyl groups excluding tert-OH is 1. The zero-order valence-corrected chi connectivity index (χ0v) is 9.15. The molecule has 0 spiro atoms. The number of hydrogen-bond donors (Lipinski definition) is 1. The molecule has 1 aromatic carbocycles. The van der Waals surface area contributed by atoms with E-state index in [0.717, 1.165) is 4.20 Å². The van der Waals surface area contributed by atoms with E-state index in [1.54, 1.807) is 17.8 Å². The standard InChI is InChI=1S/C11H10OS2/c12-9-6-10(14-11(13)7-9)8-4-2-1-3-5-8/h1-5,7,10,12H,6H2/t10-/m1/s1. The minimum Gasteiger partial charge on any atom is -0.512 e. The Morgan fingerprint density at radius 2 is 2.00 bits per heavy atom. The molecular formula is C11H10OS2. The highest BCUT2D eigenvalue weighted by Gasteiger charge is 2.20. The monoisotopic (exact) mass is 222 g/mol. The van der Waals surface area contributed by atoms with Crippen LogP contribution in [0.3, 0.4) is 0 Å². The quantitative estimate of drug-likeness (QED) is 0.733. The summed E-state index contributed by atoms with van der Waals surface area (Å²) >= 11 is 6.72. The third-order valence-corrected chi connectivity index (χ3v) is 3.59. The Labute approximate surface area is 92.8 Å². The van der Waals surface area contributed by atoms with Crippen LogP contribution in [0, 0.1) is 0 Å². The molecule has 1 aromatic rings. The molecule has 1 heterocycles. The molecule has 14 heavy (non-hydrogen) atoms. The van der Waals surface area contributed by atoms with Crippen molar-refractivity contribution in [2.24, 2.45) is 0 Å². The minimum absolute atomic E-state index is 0.272. The summed E-state index contributed by atoms with van der Waals surface area (Å²) in [6.45, 7) is 0. The Balaban J connectivity index is 2.22. The molecule has 0 aliphatic carbocycles. The molecule has 0 aromatic heterocycles. The van der Waals surface area contributed by atoms with E-state index in [2.05, 4.69) is 12.1 Å². The van der Waals surface area contributed by atoms with E-state index in [-0.39, 0.29) is 5.25 Å². The van der Waals surface area contributed by atoms with E-state index in [9.17, 15) is 5.11 Å². The van der Waals surface area contributed by atoms with Crippen LogP contribution in [0.15, 0.2) is 42.2 Å². The molecule has 1 atom stereocenters. The Morgan fingerprint density at radius 1 is 1.29 bits per heavy atom. The van der Waals surface area contributed by atoms with Crippen LogP contribution in [0.1, 0.15) is 17.2 Å². The molecule has 72 valence electrons. The summed E-state index contributed by atoms with van der Waals surface area (Å²) in [6, 6.07) is 10.1. The summed E-state index contributed by atoms with van der Waals surface area (Å²) in [7, 11) is 0. The van der Waals surface area contributed by atoms with Gasteiger partial charge in [-0.2, -0.15) is 0 Å². The normalized spacial score (nSPS) is 21.9. The average Bonchev–Trinajstić information content (AvgIpc) is 2.18. The van der Waals surface area contributed by atoms with Crippen molar-refractivity contribution in [3.63, 3.8) is 0 Å². The highest BCUT2D eigenvalue weighted by molar-refractivity contribution is 8.23. The first-order valence-corrected chi connectivity index (χ1v) is 5.69. The number of aliphatic hydroxyl groups is 1. The Bertz CT molecular complexity index is 370. The van der Waals surface area contributed by atoms with Crippen molar-refractivity contribution >= 4 is 28.2 Å². The minimum atomic E-state index is 0.272. The van der Waals surface area contributed by atoms with E-state index in [0.29, 0.717) is 12.2 Å². The van der Waals surface area contributed by atoms with Crippen LogP contribution in [0.25, 0.3) is 0 Å². The first-order chi connectivity index (χ1) is 6.75. The fraction of sp³-hybridized carbons (Fsp3) is 0.182. The Kier molecular flexibility index (Phi) is 2.89. The van der Waals surface area contributed by atoms with Crippen molar-refractivity contribution in [3.8, 4) is 0 Å². The van der Waals surface area contributed by atoms with Gasteiger partial charge in [0, 0.05) is 17.7 Å². The maximum absolute atomic E-state index is 9.47. The van der Waals surface area contributed by atoms with Crippen molar-refractivity contribution in [1.29, 1.82) is 0 Å². The third kappa shape index (κ3) is 2.16. The van der Waals surface area contributed by atoms with Gasteiger partial charge in [0.25, 0.3) is 0 Å². The summed E-state index contributed by atoms with van der Waals surface area (Å²) in [6.07, 6.45) is 2.34. The second-order valence-electron chi connectivity index (χ2n) is 3.18. The van der Waals surface area contributed by atoms with Crippen LogP contribution < -0.4 is 0 Å². The first kappa shape index (κ1) is 9.74. The SMILES string of the molecule is OC1=CC(=S)S[C@@H](c2ccccc2)C1. The van der Waals surface area contributed by atoms with Crippen LogP contribution >= 0.6 is 24.0 Å². The molecule has 0 saturated heterocycles. The van der Waals surface area contributed by atoms with Gasteiger partial charge in [-0.25, -0.2) is 0 Å². The molecule has 1 nitrogen and oxygen atoms in total. The van der Waals surface area contributed by atoms with Crippen LogP contribution in [-0.2, 0) is 0 Å². The lowest BCUT2D eigenvalue weighted by Crippen LogP contribution is -2.05. The molecule has 0 saturated carbocycles. The molecule has 1 aliphatic rings. The highest BCUT2D eigenvalue weighted by Crippen LogP contribution is 2.38. The zero-order valence-electron chi connectivity index (χ0n) is 7.51. The van der Waals surface area contributed by atoms with E-state index in [1.165, 1.54) is 5.56 Å². The number of rotatable bonds is 1. The lowest BCUT2D eigenvalue weighted by Gasteiger charge is -2.20. The Morgan fingerprint density at radius 3 is 2.64 bits per heavy atom. The first-order valence-electron chi connectivity index (χ1n) is 4.41. The summed E-state index contributed by atoms with van der Waals surface area (Å²) in [4.78, 5) is 0. The van der Waals surface area contributed by atoms with Crippen molar-refractivity contribution < 1.29 is 5.11 Å². The van der Waals surface area contributed by atoms with E-state index in [4.69, 9.17) is 12.2 Å². The molecule has 0 amide bonds. The summed E-state index contributed by atoms with van der Waals surface area (Å²) in [5.41, 5.74) is 1.22. The number of benzene rings is 1. The largest absolute Gasteiger partial charge is 0.512 e. The molecule has 2 rings (SSSR count). The van der Waals surface area contributed by atoms with Crippen LogP contribution in [0.4, 0.5) is 0 Å². The van der Waals surface area contributed by atoms with Crippen molar-refractivity contribution in [3.05, 3.63) is 47.7 Å². The zero-order chi connectivity index (χ0) is 9.97. The van der Waals surface area contributed by atoms with Gasteiger partial charge in [0.05, 0.1) is 9.96 Å². The molecule has 3 heteroatoms. The smallest absolute Gasteiger partial charge is 0.0956 e. The molecule has 0 bridgehead atoms. The van der Waals surface area contributed by atoms with Gasteiger partial charge in [0.15, 0.2) is 0 Å². The van der Waals surface area contributed by atoms with Gasteiger partial charge in [0.2, 0.25) is 0 Å². The maximum Gasteiger partial charge on any atom is 0.0956 e. The summed E-state index contributed by atoms with van der Waals surface area (Å²) in [5.74, 6) is 0.391. The van der Waals surface area contributed by atoms with E-state index >= 15 is 0 Å². The average molecular weight is 222 g/mol. The number of thioether (sulfide) groups is 1. The molecule has 0 radical (unpaired) electrons. The summed E-state index contributed by atoms with van der Waals surface area (Å²) < 4.78 is 0.766. The highest BCUT2D eigenvalue weighted by atomic mass is 32.2. The molecule has 1 aliphatic heterocycles. The number of hydrogen-bond acceptors (Lipinski definition) is 3.